The molecule has 1 aromatic rings. The van der Waals surface area contributed by atoms with Gasteiger partial charge in [0.25, 0.3) is 5.91 Å². The van der Waals surface area contributed by atoms with Gasteiger partial charge in [0.2, 0.25) is 0 Å². The minimum Gasteiger partial charge on any atom is -0.386 e. The van der Waals surface area contributed by atoms with Crippen LogP contribution in [-0.2, 0) is 20.9 Å². The molecule has 1 amide bonds. The number of amides is 1. The Kier molecular flexibility index (Phi) is 9.32. The second-order valence-corrected chi connectivity index (χ2v) is 6.77. The number of aliphatic imine (C=N–C) groups is 1. The minimum absolute atomic E-state index is 0.136. The summed E-state index contributed by atoms with van der Waals surface area (Å²) < 4.78 is 5.27. The zero-order valence-corrected chi connectivity index (χ0v) is 16.7. The molecule has 0 spiro atoms. The van der Waals surface area contributed by atoms with E-state index in [-0.39, 0.29) is 11.7 Å². The van der Waals surface area contributed by atoms with Crippen molar-refractivity contribution < 1.29 is 14.3 Å². The highest BCUT2D eigenvalue weighted by atomic mass is 35.5. The van der Waals surface area contributed by atoms with E-state index in [4.69, 9.17) is 22.1 Å². The van der Waals surface area contributed by atoms with E-state index in [0.717, 1.165) is 17.4 Å². The number of nitrogens with zero attached hydrogens (tertiary/aromatic N) is 2. The van der Waals surface area contributed by atoms with Crippen LogP contribution in [0.4, 0.5) is 0 Å². The SMILES string of the molecule is Cc1cc(CN=C(N)C(NNCCC=O)C(=O)NN2CCOCC2)ccc1Cl. The number of morpholine rings is 1. The highest BCUT2D eigenvalue weighted by Gasteiger charge is 2.24. The van der Waals surface area contributed by atoms with Gasteiger partial charge in [-0.15, -0.1) is 0 Å². The summed E-state index contributed by atoms with van der Waals surface area (Å²) in [7, 11) is 0. The summed E-state index contributed by atoms with van der Waals surface area (Å²) >= 11 is 6.04. The van der Waals surface area contributed by atoms with Gasteiger partial charge in [-0.25, -0.2) is 10.4 Å². The number of halogens is 1. The predicted molar refractivity (Wildman–Crippen MR) is 108 cm³/mol. The number of hydrogen-bond acceptors (Lipinski definition) is 7. The van der Waals surface area contributed by atoms with Crippen LogP contribution in [0.15, 0.2) is 23.2 Å². The highest BCUT2D eigenvalue weighted by molar-refractivity contribution is 6.31. The quantitative estimate of drug-likeness (QED) is 0.140. The molecule has 1 aliphatic heterocycles. The fraction of sp³-hybridized carbons (Fsp3) is 0.500. The number of ether oxygens (including phenoxy) is 1. The number of hydrogen-bond donors (Lipinski definition) is 4. The second-order valence-electron chi connectivity index (χ2n) is 6.36. The summed E-state index contributed by atoms with van der Waals surface area (Å²) in [6.07, 6.45) is 1.10. The first-order valence-corrected chi connectivity index (χ1v) is 9.49. The van der Waals surface area contributed by atoms with E-state index in [1.165, 1.54) is 0 Å². The van der Waals surface area contributed by atoms with E-state index in [2.05, 4.69) is 21.3 Å². The fourth-order valence-electron chi connectivity index (χ4n) is 2.55. The number of carbonyl (C=O) groups is 2. The van der Waals surface area contributed by atoms with Crippen LogP contribution in [-0.4, -0.2) is 61.9 Å². The molecule has 1 heterocycles. The van der Waals surface area contributed by atoms with Crippen molar-refractivity contribution in [3.63, 3.8) is 0 Å². The molecular formula is C18H27ClN6O3. The number of nitrogens with two attached hydrogens (primary N) is 1. The highest BCUT2D eigenvalue weighted by Crippen LogP contribution is 2.16. The number of aldehydes is 1. The third-order valence-electron chi connectivity index (χ3n) is 4.14. The molecule has 1 aliphatic rings. The molecule has 9 nitrogen and oxygen atoms in total. The third kappa shape index (κ3) is 7.17. The Bertz CT molecular complexity index is 694. The van der Waals surface area contributed by atoms with Crippen LogP contribution in [0.5, 0.6) is 0 Å². The van der Waals surface area contributed by atoms with Crippen LogP contribution in [0.25, 0.3) is 0 Å². The molecule has 0 aliphatic carbocycles. The van der Waals surface area contributed by atoms with Gasteiger partial charge >= 0.3 is 0 Å². The maximum absolute atomic E-state index is 12.7. The van der Waals surface area contributed by atoms with Gasteiger partial charge in [-0.3, -0.25) is 20.6 Å². The molecule has 1 saturated heterocycles. The lowest BCUT2D eigenvalue weighted by molar-refractivity contribution is -0.128. The number of hydrazine groups is 2. The van der Waals surface area contributed by atoms with Crippen molar-refractivity contribution >= 4 is 29.6 Å². The van der Waals surface area contributed by atoms with E-state index >= 15 is 0 Å². The van der Waals surface area contributed by atoms with Crippen molar-refractivity contribution in [2.45, 2.75) is 25.9 Å². The molecule has 1 fully saturated rings. The van der Waals surface area contributed by atoms with Gasteiger partial charge in [0.1, 0.15) is 12.1 Å². The van der Waals surface area contributed by atoms with Gasteiger partial charge in [-0.2, -0.15) is 0 Å². The maximum atomic E-state index is 12.7. The molecule has 0 aromatic heterocycles. The van der Waals surface area contributed by atoms with Gasteiger partial charge in [-0.1, -0.05) is 23.7 Å². The Morgan fingerprint density at radius 1 is 1.43 bits per heavy atom. The lowest BCUT2D eigenvalue weighted by Crippen LogP contribution is -2.60. The summed E-state index contributed by atoms with van der Waals surface area (Å²) in [6, 6.07) is 4.71. The van der Waals surface area contributed by atoms with Gasteiger partial charge in [0, 0.05) is 31.1 Å². The van der Waals surface area contributed by atoms with E-state index in [1.807, 2.05) is 19.1 Å². The van der Waals surface area contributed by atoms with Crippen molar-refractivity contribution in [2.24, 2.45) is 10.7 Å². The van der Waals surface area contributed by atoms with Crippen LogP contribution in [0.2, 0.25) is 5.02 Å². The summed E-state index contributed by atoms with van der Waals surface area (Å²) in [5.41, 5.74) is 16.5. The number of nitrogens with one attached hydrogen (secondary N) is 3. The Morgan fingerprint density at radius 3 is 2.86 bits per heavy atom. The molecule has 1 unspecified atom stereocenters. The Morgan fingerprint density at radius 2 is 2.18 bits per heavy atom. The molecule has 154 valence electrons. The molecule has 0 saturated carbocycles. The smallest absolute Gasteiger partial charge is 0.260 e. The topological polar surface area (TPSA) is 121 Å². The lowest BCUT2D eigenvalue weighted by atomic mass is 10.1. The van der Waals surface area contributed by atoms with Crippen molar-refractivity contribution in [3.05, 3.63) is 34.3 Å². The largest absolute Gasteiger partial charge is 0.386 e. The average molecular weight is 411 g/mol. The molecule has 1 aromatic carbocycles. The molecular weight excluding hydrogens is 384 g/mol. The third-order valence-corrected chi connectivity index (χ3v) is 4.56. The first kappa shape index (κ1) is 22.3. The Balaban J connectivity index is 2.02. The van der Waals surface area contributed by atoms with Crippen LogP contribution in [0, 0.1) is 6.92 Å². The molecule has 10 heteroatoms. The van der Waals surface area contributed by atoms with E-state index in [0.29, 0.717) is 50.8 Å². The van der Waals surface area contributed by atoms with Crippen LogP contribution in [0.3, 0.4) is 0 Å². The monoisotopic (exact) mass is 410 g/mol. The normalized spacial score (nSPS) is 16.6. The first-order valence-electron chi connectivity index (χ1n) is 9.11. The maximum Gasteiger partial charge on any atom is 0.260 e. The van der Waals surface area contributed by atoms with E-state index < -0.39 is 6.04 Å². The van der Waals surface area contributed by atoms with Crippen LogP contribution in [0.1, 0.15) is 17.5 Å². The number of benzene rings is 1. The standard InChI is InChI=1S/C18H27ClN6O3/c1-13-11-14(3-4-15(13)19)12-21-17(20)16(23-22-5-2-8-26)18(27)24-25-6-9-28-10-7-25/h3-4,8,11,16,22-23H,2,5-7,9-10,12H2,1H3,(H2,20,21)(H,24,27). The fourth-order valence-corrected chi connectivity index (χ4v) is 2.67. The number of rotatable bonds is 10. The number of amidine groups is 1. The van der Waals surface area contributed by atoms with Crippen molar-refractivity contribution in [1.82, 2.24) is 21.3 Å². The number of carbonyl (C=O) groups excluding carboxylic acids is 2. The molecule has 2 rings (SSSR count). The van der Waals surface area contributed by atoms with Crippen LogP contribution < -0.4 is 22.0 Å². The molecule has 28 heavy (non-hydrogen) atoms. The summed E-state index contributed by atoms with van der Waals surface area (Å²) in [6.45, 7) is 4.90. The van der Waals surface area contributed by atoms with Crippen molar-refractivity contribution in [1.29, 1.82) is 0 Å². The summed E-state index contributed by atoms with van der Waals surface area (Å²) in [4.78, 5) is 27.5. The zero-order chi connectivity index (χ0) is 20.4. The van der Waals surface area contributed by atoms with Gasteiger partial charge in [0.05, 0.1) is 19.8 Å². The average Bonchev–Trinajstić information content (AvgIpc) is 2.69. The Labute approximate surface area is 169 Å². The van der Waals surface area contributed by atoms with Crippen molar-refractivity contribution in [2.75, 3.05) is 32.8 Å². The van der Waals surface area contributed by atoms with Crippen LogP contribution >= 0.6 is 11.6 Å². The predicted octanol–water partition coefficient (Wildman–Crippen LogP) is -0.0792. The summed E-state index contributed by atoms with van der Waals surface area (Å²) in [5, 5.41) is 2.46. The second kappa shape index (κ2) is 11.7. The molecule has 0 bridgehead atoms. The molecule has 1 atom stereocenters. The first-order chi connectivity index (χ1) is 13.5. The summed E-state index contributed by atoms with van der Waals surface area (Å²) in [5.74, 6) is -0.203. The number of aryl methyl sites for hydroxylation is 1. The van der Waals surface area contributed by atoms with Gasteiger partial charge in [-0.05, 0) is 24.1 Å². The van der Waals surface area contributed by atoms with Gasteiger partial charge < -0.3 is 15.3 Å². The van der Waals surface area contributed by atoms with E-state index in [9.17, 15) is 9.59 Å². The molecule has 5 N–H and O–H groups in total. The minimum atomic E-state index is -0.886. The van der Waals surface area contributed by atoms with Gasteiger partial charge in [0.15, 0.2) is 6.04 Å². The lowest BCUT2D eigenvalue weighted by Gasteiger charge is -2.29. The van der Waals surface area contributed by atoms with E-state index in [1.54, 1.807) is 11.1 Å². The Hall–Kier alpha value is -2.04. The zero-order valence-electron chi connectivity index (χ0n) is 15.9. The van der Waals surface area contributed by atoms with Crippen molar-refractivity contribution in [3.8, 4) is 0 Å². The molecule has 0 radical (unpaired) electrons.